The van der Waals surface area contributed by atoms with Crippen molar-refractivity contribution in [1.29, 1.82) is 0 Å². The Bertz CT molecular complexity index is 759. The summed E-state index contributed by atoms with van der Waals surface area (Å²) in [5.41, 5.74) is 3.80. The van der Waals surface area contributed by atoms with E-state index in [0.29, 0.717) is 0 Å². The number of carbonyl (C=O) groups excluding carboxylic acids is 4. The van der Waals surface area contributed by atoms with Crippen LogP contribution in [0.15, 0.2) is 6.07 Å². The van der Waals surface area contributed by atoms with E-state index in [-0.39, 0.29) is 28.6 Å². The van der Waals surface area contributed by atoms with E-state index in [1.165, 1.54) is 26.8 Å². The van der Waals surface area contributed by atoms with Gasteiger partial charge in [-0.3, -0.25) is 14.4 Å². The molecule has 1 heterocycles. The lowest BCUT2D eigenvalue weighted by atomic mass is 9.87. The zero-order valence-electron chi connectivity index (χ0n) is 15.6. The third kappa shape index (κ3) is 4.35. The van der Waals surface area contributed by atoms with Gasteiger partial charge in [0.2, 0.25) is 5.91 Å². The van der Waals surface area contributed by atoms with Crippen LogP contribution in [0.4, 0.5) is 0 Å². The van der Waals surface area contributed by atoms with Crippen LogP contribution in [0, 0.1) is 12.8 Å². The summed E-state index contributed by atoms with van der Waals surface area (Å²) in [7, 11) is 1.14. The van der Waals surface area contributed by atoms with Crippen LogP contribution in [0.25, 0.3) is 0 Å². The maximum atomic E-state index is 12.7. The number of rotatable bonds is 6. The smallest absolute Gasteiger partial charge is 0.340 e. The van der Waals surface area contributed by atoms with Gasteiger partial charge in [0.25, 0.3) is 5.91 Å². The Labute approximate surface area is 151 Å². The molecule has 0 bridgehead atoms. The lowest BCUT2D eigenvalue weighted by Gasteiger charge is -2.31. The summed E-state index contributed by atoms with van der Waals surface area (Å²) in [5.74, 6) is -3.25. The number of aryl methyl sites for hydroxylation is 1. The van der Waals surface area contributed by atoms with Crippen molar-refractivity contribution in [3.05, 3.63) is 23.0 Å². The van der Waals surface area contributed by atoms with E-state index in [2.05, 4.69) is 15.0 Å². The summed E-state index contributed by atoms with van der Waals surface area (Å²) in [6.45, 7) is 7.62. The van der Waals surface area contributed by atoms with Gasteiger partial charge in [-0.2, -0.15) is 0 Å². The molecule has 2 amide bonds. The highest BCUT2D eigenvalue weighted by Gasteiger charge is 2.38. The molecule has 9 heteroatoms. The number of nitrogens with zero attached hydrogens (tertiary/aromatic N) is 1. The molecule has 0 aliphatic rings. The number of pyridine rings is 1. The molecule has 0 aliphatic heterocycles. The van der Waals surface area contributed by atoms with Crippen molar-refractivity contribution < 1.29 is 28.7 Å². The summed E-state index contributed by atoms with van der Waals surface area (Å²) in [4.78, 5) is 51.8. The Morgan fingerprint density at radius 2 is 1.85 bits per heavy atom. The third-order valence-electron chi connectivity index (χ3n) is 4.08. The Morgan fingerprint density at radius 3 is 2.27 bits per heavy atom. The molecule has 0 fully saturated rings. The number of carbonyl (C=O) groups is 4. The highest BCUT2D eigenvalue weighted by molar-refractivity contribution is 6.06. The number of primary amides is 1. The number of aromatic nitrogens is 1. The molecule has 0 aromatic carbocycles. The third-order valence-corrected chi connectivity index (χ3v) is 4.08. The van der Waals surface area contributed by atoms with Gasteiger partial charge in [-0.15, -0.1) is 0 Å². The number of ether oxygens (including phenoxy) is 2. The molecule has 0 spiro atoms. The predicted molar refractivity (Wildman–Crippen MR) is 91.5 cm³/mol. The van der Waals surface area contributed by atoms with Crippen molar-refractivity contribution >= 4 is 23.8 Å². The van der Waals surface area contributed by atoms with Crippen molar-refractivity contribution in [3.8, 4) is 5.75 Å². The van der Waals surface area contributed by atoms with Crippen molar-refractivity contribution in [2.24, 2.45) is 11.7 Å². The molecular formula is C17H23N3O6. The van der Waals surface area contributed by atoms with Gasteiger partial charge in [-0.25, -0.2) is 9.78 Å². The van der Waals surface area contributed by atoms with Crippen LogP contribution in [0.3, 0.4) is 0 Å². The fourth-order valence-electron chi connectivity index (χ4n) is 2.07. The Morgan fingerprint density at radius 1 is 1.27 bits per heavy atom. The second kappa shape index (κ2) is 7.94. The maximum absolute atomic E-state index is 12.7. The summed E-state index contributed by atoms with van der Waals surface area (Å²) >= 11 is 0. The van der Waals surface area contributed by atoms with E-state index in [9.17, 15) is 19.2 Å². The molecule has 1 rings (SSSR count). The molecule has 26 heavy (non-hydrogen) atoms. The lowest BCUT2D eigenvalue weighted by molar-refractivity contribution is -0.132. The monoisotopic (exact) mass is 365 g/mol. The van der Waals surface area contributed by atoms with Crippen molar-refractivity contribution in [3.63, 3.8) is 0 Å². The molecule has 1 atom stereocenters. The van der Waals surface area contributed by atoms with Gasteiger partial charge in [0.15, 0.2) is 5.75 Å². The normalized spacial score (nSPS) is 12.9. The molecule has 1 aromatic rings. The number of amides is 2. The molecule has 1 unspecified atom stereocenters. The number of hydrogen-bond donors (Lipinski definition) is 2. The first-order valence-electron chi connectivity index (χ1n) is 7.84. The highest BCUT2D eigenvalue weighted by atomic mass is 16.5. The van der Waals surface area contributed by atoms with Crippen LogP contribution in [-0.4, -0.2) is 41.4 Å². The molecule has 3 N–H and O–H groups in total. The van der Waals surface area contributed by atoms with Crippen LogP contribution in [0.1, 0.15) is 54.2 Å². The standard InChI is InChI=1S/C17H23N3O6/c1-8(2)17(5,16(18)24)20-14(22)13-11(15(23)25-6)7-12(9(3)19-13)26-10(4)21/h7-8H,1-6H3,(H2,18,24)(H,20,22). The summed E-state index contributed by atoms with van der Waals surface area (Å²) in [6.07, 6.45) is 0. The second-order valence-electron chi connectivity index (χ2n) is 6.23. The average molecular weight is 365 g/mol. The Hall–Kier alpha value is -2.97. The van der Waals surface area contributed by atoms with Crippen LogP contribution >= 0.6 is 0 Å². The second-order valence-corrected chi connectivity index (χ2v) is 6.23. The number of methoxy groups -OCH3 is 1. The van der Waals surface area contributed by atoms with Gasteiger partial charge in [-0.1, -0.05) is 13.8 Å². The summed E-state index contributed by atoms with van der Waals surface area (Å²) < 4.78 is 9.64. The van der Waals surface area contributed by atoms with E-state index in [1.807, 2.05) is 0 Å². The van der Waals surface area contributed by atoms with E-state index < -0.39 is 29.3 Å². The zero-order valence-corrected chi connectivity index (χ0v) is 15.6. The Kier molecular flexibility index (Phi) is 6.44. The van der Waals surface area contributed by atoms with Gasteiger partial charge in [0.1, 0.15) is 11.2 Å². The van der Waals surface area contributed by atoms with Crippen LogP contribution in [0.5, 0.6) is 5.75 Å². The minimum atomic E-state index is -1.35. The number of hydrogen-bond acceptors (Lipinski definition) is 7. The summed E-state index contributed by atoms with van der Waals surface area (Å²) in [5, 5.41) is 2.52. The van der Waals surface area contributed by atoms with Gasteiger partial charge < -0.3 is 20.5 Å². The SMILES string of the molecule is COC(=O)c1cc(OC(C)=O)c(C)nc1C(=O)NC(C)(C(N)=O)C(C)C. The van der Waals surface area contributed by atoms with Crippen LogP contribution in [-0.2, 0) is 14.3 Å². The van der Waals surface area contributed by atoms with Gasteiger partial charge in [-0.05, 0) is 25.8 Å². The van der Waals surface area contributed by atoms with E-state index in [4.69, 9.17) is 10.5 Å². The fourth-order valence-corrected chi connectivity index (χ4v) is 2.07. The molecule has 0 saturated carbocycles. The number of esters is 2. The molecular weight excluding hydrogens is 342 g/mol. The first-order valence-corrected chi connectivity index (χ1v) is 7.84. The predicted octanol–water partition coefficient (Wildman–Crippen LogP) is 0.732. The van der Waals surface area contributed by atoms with Crippen molar-refractivity contribution in [2.75, 3.05) is 7.11 Å². The van der Waals surface area contributed by atoms with Crippen LogP contribution in [0.2, 0.25) is 0 Å². The Balaban J connectivity index is 3.44. The lowest BCUT2D eigenvalue weighted by Crippen LogP contribution is -2.59. The van der Waals surface area contributed by atoms with Gasteiger partial charge in [0, 0.05) is 6.92 Å². The van der Waals surface area contributed by atoms with Gasteiger partial charge >= 0.3 is 11.9 Å². The molecule has 0 radical (unpaired) electrons. The quantitative estimate of drug-likeness (QED) is 0.709. The molecule has 0 saturated heterocycles. The van der Waals surface area contributed by atoms with Gasteiger partial charge in [0.05, 0.1) is 18.4 Å². The highest BCUT2D eigenvalue weighted by Crippen LogP contribution is 2.23. The average Bonchev–Trinajstić information content (AvgIpc) is 2.54. The molecule has 142 valence electrons. The molecule has 0 aliphatic carbocycles. The largest absolute Gasteiger partial charge is 0.465 e. The fraction of sp³-hybridized carbons (Fsp3) is 0.471. The zero-order chi connectivity index (χ0) is 20.2. The first kappa shape index (κ1) is 21.1. The van der Waals surface area contributed by atoms with Crippen LogP contribution < -0.4 is 15.8 Å². The minimum Gasteiger partial charge on any atom is -0.465 e. The molecule has 9 nitrogen and oxygen atoms in total. The van der Waals surface area contributed by atoms with Crippen molar-refractivity contribution in [2.45, 2.75) is 40.2 Å². The van der Waals surface area contributed by atoms with E-state index in [1.54, 1.807) is 13.8 Å². The number of nitrogens with two attached hydrogens (primary N) is 1. The maximum Gasteiger partial charge on any atom is 0.340 e. The molecule has 1 aromatic heterocycles. The first-order chi connectivity index (χ1) is 11.9. The van der Waals surface area contributed by atoms with Crippen molar-refractivity contribution in [1.82, 2.24) is 10.3 Å². The minimum absolute atomic E-state index is 0.0240. The van der Waals surface area contributed by atoms with E-state index in [0.717, 1.165) is 7.11 Å². The summed E-state index contributed by atoms with van der Waals surface area (Å²) in [6, 6.07) is 1.20. The number of nitrogens with one attached hydrogen (secondary N) is 1. The topological polar surface area (TPSA) is 138 Å². The van der Waals surface area contributed by atoms with E-state index >= 15 is 0 Å².